The van der Waals surface area contributed by atoms with Crippen LogP contribution in [0, 0.1) is 12.7 Å². The molecule has 0 amide bonds. The molecular weight excluding hydrogens is 373 g/mol. The van der Waals surface area contributed by atoms with Gasteiger partial charge >= 0.3 is 11.7 Å². The number of H-pyrrole nitrogens is 2. The lowest BCUT2D eigenvalue weighted by Crippen LogP contribution is -2.27. The first-order valence-electron chi connectivity index (χ1n) is 8.10. The van der Waals surface area contributed by atoms with E-state index in [1.807, 2.05) is 0 Å². The Hall–Kier alpha value is -3.07. The molecule has 2 N–H and O–H groups in total. The third kappa shape index (κ3) is 4.76. The van der Waals surface area contributed by atoms with Crippen molar-refractivity contribution in [2.24, 2.45) is 0 Å². The molecule has 3 rings (SSSR count). The number of hydrogen-bond donors (Lipinski definition) is 2. The standard InChI is InChI=1S/C18H16FN3O4S/c1-10-14(16(24)22-18(25)20-10)6-7-15(23)26-8-13-9-27-17(21-13)11-2-4-12(19)5-3-11/h2-5,9H,6-8H2,1H3,(H2,20,22,24,25). The van der Waals surface area contributed by atoms with Crippen LogP contribution in [0.1, 0.15) is 23.4 Å². The van der Waals surface area contributed by atoms with Crippen LogP contribution in [-0.4, -0.2) is 20.9 Å². The highest BCUT2D eigenvalue weighted by Crippen LogP contribution is 2.24. The van der Waals surface area contributed by atoms with Crippen molar-refractivity contribution in [3.63, 3.8) is 0 Å². The number of aryl methyl sites for hydroxylation is 1. The Kier molecular flexibility index (Phi) is 5.60. The van der Waals surface area contributed by atoms with Crippen LogP contribution in [0.4, 0.5) is 4.39 Å². The monoisotopic (exact) mass is 389 g/mol. The number of benzene rings is 1. The summed E-state index contributed by atoms with van der Waals surface area (Å²) >= 11 is 1.37. The number of esters is 1. The Morgan fingerprint density at radius 2 is 1.96 bits per heavy atom. The van der Waals surface area contributed by atoms with E-state index in [1.54, 1.807) is 24.4 Å². The maximum atomic E-state index is 13.0. The SMILES string of the molecule is Cc1[nH]c(=O)[nH]c(=O)c1CCC(=O)OCc1csc(-c2ccc(F)cc2)n1. The molecule has 3 aromatic rings. The molecule has 2 aromatic heterocycles. The molecule has 0 aliphatic rings. The fourth-order valence-electron chi connectivity index (χ4n) is 2.48. The number of nitrogens with zero attached hydrogens (tertiary/aromatic N) is 1. The second kappa shape index (κ2) is 8.09. The molecule has 0 fully saturated rings. The normalized spacial score (nSPS) is 10.7. The van der Waals surface area contributed by atoms with E-state index in [2.05, 4.69) is 15.0 Å². The molecule has 0 atom stereocenters. The predicted octanol–water partition coefficient (Wildman–Crippen LogP) is 2.31. The number of aromatic nitrogens is 3. The first kappa shape index (κ1) is 18.7. The molecule has 7 nitrogen and oxygen atoms in total. The Bertz CT molecular complexity index is 1070. The Labute approximate surface area is 156 Å². The average molecular weight is 389 g/mol. The summed E-state index contributed by atoms with van der Waals surface area (Å²) in [6.07, 6.45) is 0.166. The van der Waals surface area contributed by atoms with Gasteiger partial charge in [0.05, 0.1) is 5.69 Å². The number of halogens is 1. The minimum absolute atomic E-state index is 0.00488. The summed E-state index contributed by atoms with van der Waals surface area (Å²) in [4.78, 5) is 43.8. The first-order chi connectivity index (χ1) is 12.9. The van der Waals surface area contributed by atoms with E-state index in [4.69, 9.17) is 4.74 Å². The Balaban J connectivity index is 1.55. The van der Waals surface area contributed by atoms with E-state index < -0.39 is 17.2 Å². The summed E-state index contributed by atoms with van der Waals surface area (Å²) < 4.78 is 18.2. The molecule has 0 aliphatic carbocycles. The molecule has 9 heteroatoms. The lowest BCUT2D eigenvalue weighted by atomic mass is 10.1. The van der Waals surface area contributed by atoms with Crippen molar-refractivity contribution in [3.05, 3.63) is 73.3 Å². The fourth-order valence-corrected chi connectivity index (χ4v) is 3.29. The van der Waals surface area contributed by atoms with Crippen molar-refractivity contribution >= 4 is 17.3 Å². The van der Waals surface area contributed by atoms with Crippen LogP contribution in [0.3, 0.4) is 0 Å². The van der Waals surface area contributed by atoms with Gasteiger partial charge in [-0.1, -0.05) is 0 Å². The van der Waals surface area contributed by atoms with Crippen molar-refractivity contribution in [1.82, 2.24) is 15.0 Å². The largest absolute Gasteiger partial charge is 0.459 e. The Morgan fingerprint density at radius 1 is 1.22 bits per heavy atom. The molecule has 140 valence electrons. The van der Waals surface area contributed by atoms with Gasteiger partial charge in [0.25, 0.3) is 5.56 Å². The first-order valence-corrected chi connectivity index (χ1v) is 8.98. The summed E-state index contributed by atoms with van der Waals surface area (Å²) in [7, 11) is 0. The molecule has 0 spiro atoms. The van der Waals surface area contributed by atoms with Crippen LogP contribution in [0.2, 0.25) is 0 Å². The van der Waals surface area contributed by atoms with Gasteiger partial charge in [0, 0.05) is 28.6 Å². The maximum absolute atomic E-state index is 13.0. The summed E-state index contributed by atoms with van der Waals surface area (Å²) in [6, 6.07) is 5.98. The minimum Gasteiger partial charge on any atom is -0.459 e. The lowest BCUT2D eigenvalue weighted by molar-refractivity contribution is -0.145. The van der Waals surface area contributed by atoms with Gasteiger partial charge in [-0.25, -0.2) is 14.2 Å². The van der Waals surface area contributed by atoms with E-state index in [-0.39, 0.29) is 25.3 Å². The highest BCUT2D eigenvalue weighted by atomic mass is 32.1. The van der Waals surface area contributed by atoms with Crippen LogP contribution < -0.4 is 11.2 Å². The Morgan fingerprint density at radius 3 is 2.67 bits per heavy atom. The van der Waals surface area contributed by atoms with Crippen LogP contribution >= 0.6 is 11.3 Å². The maximum Gasteiger partial charge on any atom is 0.325 e. The van der Waals surface area contributed by atoms with E-state index in [0.717, 1.165) is 5.56 Å². The summed E-state index contributed by atoms with van der Waals surface area (Å²) in [6.45, 7) is 1.61. The van der Waals surface area contributed by atoms with E-state index in [9.17, 15) is 18.8 Å². The zero-order chi connectivity index (χ0) is 19.4. The molecule has 27 heavy (non-hydrogen) atoms. The molecule has 0 radical (unpaired) electrons. The molecule has 2 heterocycles. The number of ether oxygens (including phenoxy) is 1. The minimum atomic E-state index is -0.579. The van der Waals surface area contributed by atoms with E-state index >= 15 is 0 Å². The summed E-state index contributed by atoms with van der Waals surface area (Å²) in [5, 5.41) is 2.47. The van der Waals surface area contributed by atoms with Crippen LogP contribution in [0.15, 0.2) is 39.2 Å². The van der Waals surface area contributed by atoms with Crippen LogP contribution in [-0.2, 0) is 22.6 Å². The molecular formula is C18H16FN3O4S. The number of hydrogen-bond acceptors (Lipinski definition) is 6. The fraction of sp³-hybridized carbons (Fsp3) is 0.222. The highest BCUT2D eigenvalue weighted by molar-refractivity contribution is 7.13. The van der Waals surface area contributed by atoms with Crippen molar-refractivity contribution in [2.45, 2.75) is 26.4 Å². The van der Waals surface area contributed by atoms with E-state index in [1.165, 1.54) is 23.5 Å². The quantitative estimate of drug-likeness (QED) is 0.630. The summed E-state index contributed by atoms with van der Waals surface area (Å²) in [5.41, 5.74) is 1.06. The zero-order valence-electron chi connectivity index (χ0n) is 14.4. The van der Waals surface area contributed by atoms with Crippen LogP contribution in [0.25, 0.3) is 10.6 Å². The number of nitrogens with one attached hydrogen (secondary N) is 2. The predicted molar refractivity (Wildman–Crippen MR) is 98.0 cm³/mol. The van der Waals surface area contributed by atoms with Crippen molar-refractivity contribution in [1.29, 1.82) is 0 Å². The number of rotatable bonds is 6. The van der Waals surface area contributed by atoms with Crippen molar-refractivity contribution in [3.8, 4) is 10.6 Å². The number of aromatic amines is 2. The van der Waals surface area contributed by atoms with Gasteiger partial charge in [-0.05, 0) is 37.6 Å². The number of carbonyl (C=O) groups excluding carboxylic acids is 1. The molecule has 0 saturated carbocycles. The van der Waals surface area contributed by atoms with E-state index in [0.29, 0.717) is 22.0 Å². The van der Waals surface area contributed by atoms with Gasteiger partial charge < -0.3 is 9.72 Å². The molecule has 0 saturated heterocycles. The van der Waals surface area contributed by atoms with Crippen molar-refractivity contribution < 1.29 is 13.9 Å². The third-order valence-electron chi connectivity index (χ3n) is 3.86. The van der Waals surface area contributed by atoms with Gasteiger partial charge in [0.1, 0.15) is 17.4 Å². The molecule has 0 unspecified atom stereocenters. The molecule has 1 aromatic carbocycles. The second-order valence-corrected chi connectivity index (χ2v) is 6.68. The van der Waals surface area contributed by atoms with Gasteiger partial charge in [-0.3, -0.25) is 14.6 Å². The van der Waals surface area contributed by atoms with Gasteiger partial charge in [0.15, 0.2) is 0 Å². The number of thiazole rings is 1. The molecule has 0 aliphatic heterocycles. The van der Waals surface area contributed by atoms with Gasteiger partial charge in [-0.15, -0.1) is 11.3 Å². The molecule has 0 bridgehead atoms. The summed E-state index contributed by atoms with van der Waals surface area (Å²) in [5.74, 6) is -0.794. The topological polar surface area (TPSA) is 105 Å². The average Bonchev–Trinajstić information content (AvgIpc) is 3.08. The zero-order valence-corrected chi connectivity index (χ0v) is 15.2. The third-order valence-corrected chi connectivity index (χ3v) is 4.80. The van der Waals surface area contributed by atoms with Crippen molar-refractivity contribution in [2.75, 3.05) is 0 Å². The lowest BCUT2D eigenvalue weighted by Gasteiger charge is -2.05. The number of carbonyl (C=O) groups is 1. The smallest absolute Gasteiger partial charge is 0.325 e. The van der Waals surface area contributed by atoms with Crippen LogP contribution in [0.5, 0.6) is 0 Å². The van der Waals surface area contributed by atoms with Gasteiger partial charge in [0.2, 0.25) is 0 Å². The highest BCUT2D eigenvalue weighted by Gasteiger charge is 2.11. The van der Waals surface area contributed by atoms with Gasteiger partial charge in [-0.2, -0.15) is 0 Å². The second-order valence-electron chi connectivity index (χ2n) is 5.82.